The molecule has 0 spiro atoms. The van der Waals surface area contributed by atoms with Crippen molar-refractivity contribution in [2.75, 3.05) is 13.2 Å². The Labute approximate surface area is 150 Å². The summed E-state index contributed by atoms with van der Waals surface area (Å²) >= 11 is 0. The minimum atomic E-state index is -1.02. The van der Waals surface area contributed by atoms with E-state index in [2.05, 4.69) is 22.4 Å². The number of carbonyl (C=O) groups is 3. The normalized spacial score (nSPS) is 32.5. The van der Waals surface area contributed by atoms with Crippen molar-refractivity contribution < 1.29 is 33.8 Å². The number of nitrogens with one attached hydrogen (secondary N) is 2. The van der Waals surface area contributed by atoms with Crippen molar-refractivity contribution in [3.8, 4) is 0 Å². The van der Waals surface area contributed by atoms with Crippen molar-refractivity contribution in [2.45, 2.75) is 45.0 Å². The Kier molecular flexibility index (Phi) is 6.19. The molecule has 0 saturated carbocycles. The number of rotatable bonds is 6. The van der Waals surface area contributed by atoms with Gasteiger partial charge >= 0.3 is 18.0 Å². The van der Waals surface area contributed by atoms with Gasteiger partial charge in [0.15, 0.2) is 5.84 Å². The van der Waals surface area contributed by atoms with E-state index in [1.54, 1.807) is 6.08 Å². The Morgan fingerprint density at radius 2 is 2.19 bits per heavy atom. The Morgan fingerprint density at radius 3 is 2.77 bits per heavy atom. The zero-order valence-electron chi connectivity index (χ0n) is 14.7. The molecule has 4 atom stereocenters. The predicted octanol–water partition coefficient (Wildman–Crippen LogP) is 0.302. The summed E-state index contributed by atoms with van der Waals surface area (Å²) in [5.74, 6) is -0.955. The smallest absolute Gasteiger partial charge is 0.320 e. The van der Waals surface area contributed by atoms with Gasteiger partial charge in [-0.05, 0) is 6.42 Å². The third-order valence-corrected chi connectivity index (χ3v) is 4.38. The molecule has 10 nitrogen and oxygen atoms in total. The van der Waals surface area contributed by atoms with Crippen LogP contribution in [0, 0.1) is 5.41 Å². The van der Waals surface area contributed by atoms with Crippen LogP contribution >= 0.6 is 0 Å². The van der Waals surface area contributed by atoms with Crippen LogP contribution in [0.25, 0.3) is 0 Å². The molecule has 0 bridgehead atoms. The average molecular weight is 369 g/mol. The van der Waals surface area contributed by atoms with Gasteiger partial charge < -0.3 is 24.7 Å². The Bertz CT molecular complexity index is 621. The van der Waals surface area contributed by atoms with Crippen LogP contribution in [0.15, 0.2) is 17.8 Å². The van der Waals surface area contributed by atoms with Gasteiger partial charge in [-0.3, -0.25) is 14.9 Å². The third-order valence-electron chi connectivity index (χ3n) is 4.38. The van der Waals surface area contributed by atoms with E-state index in [1.807, 2.05) is 0 Å². The maximum Gasteiger partial charge on any atom is 0.320 e. The van der Waals surface area contributed by atoms with Crippen molar-refractivity contribution in [3.05, 3.63) is 12.7 Å². The van der Waals surface area contributed by atoms with E-state index in [0.29, 0.717) is 6.42 Å². The molecule has 2 aliphatic rings. The second kappa shape index (κ2) is 8.17. The summed E-state index contributed by atoms with van der Waals surface area (Å²) in [5, 5.41) is 17.7. The van der Waals surface area contributed by atoms with E-state index in [1.165, 1.54) is 13.8 Å². The maximum absolute atomic E-state index is 11.6. The molecule has 0 aromatic rings. The van der Waals surface area contributed by atoms with Gasteiger partial charge in [0.2, 0.25) is 0 Å². The number of nitrogens with zero attached hydrogens (tertiary/aromatic N) is 1. The van der Waals surface area contributed by atoms with Crippen LogP contribution < -0.4 is 10.6 Å². The Balaban J connectivity index is 2.33. The number of ether oxygens (including phenoxy) is 3. The lowest BCUT2D eigenvalue weighted by atomic mass is 9.74. The summed E-state index contributed by atoms with van der Waals surface area (Å²) in [6.07, 6.45) is 0.238. The molecule has 2 rings (SSSR count). The van der Waals surface area contributed by atoms with E-state index in [9.17, 15) is 19.6 Å². The van der Waals surface area contributed by atoms with Crippen molar-refractivity contribution in [1.29, 1.82) is 0 Å². The first-order valence-electron chi connectivity index (χ1n) is 8.16. The first-order chi connectivity index (χ1) is 12.3. The zero-order valence-corrected chi connectivity index (χ0v) is 14.7. The average Bonchev–Trinajstić information content (AvgIpc) is 2.97. The van der Waals surface area contributed by atoms with Gasteiger partial charge in [0, 0.05) is 26.8 Å². The molecule has 2 saturated heterocycles. The van der Waals surface area contributed by atoms with Crippen molar-refractivity contribution in [3.63, 3.8) is 0 Å². The molecule has 2 aliphatic heterocycles. The largest absolute Gasteiger partial charge is 0.463 e. The maximum atomic E-state index is 11.6. The molecular formula is C16H23N3O7. The molecule has 0 radical (unpaired) electrons. The highest BCUT2D eigenvalue weighted by Gasteiger charge is 2.55. The van der Waals surface area contributed by atoms with Crippen LogP contribution in [0.5, 0.6) is 0 Å². The molecular weight excluding hydrogens is 346 g/mol. The number of urea groups is 1. The number of oxime groups is 1. The lowest BCUT2D eigenvalue weighted by Gasteiger charge is -2.42. The van der Waals surface area contributed by atoms with Gasteiger partial charge in [-0.2, -0.15) is 0 Å². The Hall–Kier alpha value is -2.62. The minimum absolute atomic E-state index is 0.000837. The number of amides is 2. The molecule has 3 N–H and O–H groups in total. The lowest BCUT2D eigenvalue weighted by Crippen LogP contribution is -2.64. The van der Waals surface area contributed by atoms with Gasteiger partial charge in [-0.15, -0.1) is 6.58 Å². The van der Waals surface area contributed by atoms with Crippen LogP contribution in [-0.2, 0) is 23.8 Å². The molecule has 1 unspecified atom stereocenters. The van der Waals surface area contributed by atoms with E-state index in [-0.39, 0.29) is 25.4 Å². The van der Waals surface area contributed by atoms with Crippen LogP contribution in [0.3, 0.4) is 0 Å². The van der Waals surface area contributed by atoms with Crippen molar-refractivity contribution >= 4 is 23.8 Å². The van der Waals surface area contributed by atoms with Gasteiger partial charge in [0.25, 0.3) is 0 Å². The van der Waals surface area contributed by atoms with Gasteiger partial charge in [0.05, 0.1) is 11.5 Å². The summed E-state index contributed by atoms with van der Waals surface area (Å²) in [4.78, 5) is 34.2. The molecule has 0 aromatic heterocycles. The molecule has 26 heavy (non-hydrogen) atoms. The molecule has 144 valence electrons. The fourth-order valence-corrected chi connectivity index (χ4v) is 3.36. The van der Waals surface area contributed by atoms with Gasteiger partial charge in [-0.1, -0.05) is 11.2 Å². The van der Waals surface area contributed by atoms with Crippen LogP contribution in [0.2, 0.25) is 0 Å². The van der Waals surface area contributed by atoms with Crippen LogP contribution in [0.4, 0.5) is 4.79 Å². The van der Waals surface area contributed by atoms with Gasteiger partial charge in [-0.25, -0.2) is 4.79 Å². The molecule has 0 aliphatic carbocycles. The summed E-state index contributed by atoms with van der Waals surface area (Å²) in [7, 11) is 0. The quantitative estimate of drug-likeness (QED) is 0.265. The first kappa shape index (κ1) is 19.7. The summed E-state index contributed by atoms with van der Waals surface area (Å²) in [5.41, 5.74) is -1.02. The van der Waals surface area contributed by atoms with Gasteiger partial charge in [0.1, 0.15) is 18.8 Å². The molecule has 10 heteroatoms. The van der Waals surface area contributed by atoms with Crippen LogP contribution in [-0.4, -0.2) is 60.5 Å². The second-order valence-electron chi connectivity index (χ2n) is 6.27. The number of hydrogen-bond donors (Lipinski definition) is 3. The fourth-order valence-electron chi connectivity index (χ4n) is 3.36. The zero-order chi connectivity index (χ0) is 19.3. The number of amidine groups is 1. The van der Waals surface area contributed by atoms with Crippen molar-refractivity contribution in [1.82, 2.24) is 10.6 Å². The summed E-state index contributed by atoms with van der Waals surface area (Å²) in [6.45, 7) is 6.36. The highest BCUT2D eigenvalue weighted by Crippen LogP contribution is 2.40. The predicted molar refractivity (Wildman–Crippen MR) is 88.5 cm³/mol. The molecule has 2 heterocycles. The van der Waals surface area contributed by atoms with E-state index >= 15 is 0 Å². The summed E-state index contributed by atoms with van der Waals surface area (Å²) in [6, 6.07) is -0.518. The van der Waals surface area contributed by atoms with E-state index < -0.39 is 41.7 Å². The standard InChI is InChI=1S/C16H23N3O7/c1-4-5-16(8-17-15(22)18-14(16)19-23)13-12(25-10(3)21)6-11(26-13)7-24-9(2)20/h4,11-13,23H,1,5-8H2,2-3H3,(H2,17,18,19,22)/t11-,12+,13+,16?/m0/s1. The fraction of sp³-hybridized carbons (Fsp3) is 0.625. The van der Waals surface area contributed by atoms with Crippen LogP contribution in [0.1, 0.15) is 26.7 Å². The van der Waals surface area contributed by atoms with E-state index in [0.717, 1.165) is 0 Å². The van der Waals surface area contributed by atoms with E-state index in [4.69, 9.17) is 14.2 Å². The second-order valence-corrected chi connectivity index (χ2v) is 6.27. The number of hydrogen-bond acceptors (Lipinski definition) is 8. The lowest BCUT2D eigenvalue weighted by molar-refractivity contribution is -0.153. The monoisotopic (exact) mass is 369 g/mol. The molecule has 2 fully saturated rings. The SMILES string of the molecule is C=CCC1([C@@H]2O[C@H](COC(C)=O)C[C@H]2OC(C)=O)CNC(=O)N/C1=N\O. The number of allylic oxidation sites excluding steroid dienone is 1. The minimum Gasteiger partial charge on any atom is -0.463 e. The highest BCUT2D eigenvalue weighted by molar-refractivity contribution is 6.03. The highest BCUT2D eigenvalue weighted by atomic mass is 16.6. The molecule has 2 amide bonds. The Morgan fingerprint density at radius 1 is 1.46 bits per heavy atom. The third kappa shape index (κ3) is 4.13. The topological polar surface area (TPSA) is 136 Å². The molecule has 0 aromatic carbocycles. The van der Waals surface area contributed by atoms with Crippen molar-refractivity contribution in [2.24, 2.45) is 10.6 Å². The number of esters is 2. The number of carbonyl (C=O) groups excluding carboxylic acids is 3. The summed E-state index contributed by atoms with van der Waals surface area (Å²) < 4.78 is 16.4. The first-order valence-corrected chi connectivity index (χ1v) is 8.16.